The fourth-order valence-electron chi connectivity index (χ4n) is 3.07. The maximum Gasteiger partial charge on any atom is 0.271 e. The molecule has 0 aliphatic carbocycles. The summed E-state index contributed by atoms with van der Waals surface area (Å²) in [4.78, 5) is 12.0. The second kappa shape index (κ2) is 8.92. The van der Waals surface area contributed by atoms with Crippen LogP contribution in [0.15, 0.2) is 96.1 Å². The number of amides is 1. The number of hydrogen-bond donors (Lipinski definition) is 2. The number of rotatable bonds is 6. The number of phenols is 1. The van der Waals surface area contributed by atoms with E-state index in [1.54, 1.807) is 6.21 Å². The van der Waals surface area contributed by atoms with Crippen LogP contribution in [-0.4, -0.2) is 17.2 Å². The summed E-state index contributed by atoms with van der Waals surface area (Å²) in [5, 5.41) is 15.6. The van der Waals surface area contributed by atoms with E-state index in [0.717, 1.165) is 16.9 Å². The van der Waals surface area contributed by atoms with E-state index >= 15 is 0 Å². The summed E-state index contributed by atoms with van der Waals surface area (Å²) in [7, 11) is 0. The number of benzene rings is 4. The van der Waals surface area contributed by atoms with Crippen LogP contribution in [-0.2, 0) is 6.61 Å². The zero-order chi connectivity index (χ0) is 20.8. The largest absolute Gasteiger partial charge is 0.508 e. The lowest BCUT2D eigenvalue weighted by Gasteiger charge is -2.09. The van der Waals surface area contributed by atoms with Crippen LogP contribution in [0.2, 0.25) is 0 Å². The van der Waals surface area contributed by atoms with Gasteiger partial charge < -0.3 is 9.84 Å². The number of aromatic hydroxyl groups is 1. The van der Waals surface area contributed by atoms with Gasteiger partial charge in [-0.05, 0) is 70.4 Å². The molecule has 30 heavy (non-hydrogen) atoms. The highest BCUT2D eigenvalue weighted by Gasteiger charge is 2.04. The topological polar surface area (TPSA) is 70.9 Å². The molecular weight excluding hydrogens is 376 g/mol. The molecule has 0 heterocycles. The normalized spacial score (nSPS) is 10.9. The lowest BCUT2D eigenvalue weighted by molar-refractivity contribution is 0.0955. The molecule has 0 aliphatic rings. The van der Waals surface area contributed by atoms with Crippen LogP contribution in [0.3, 0.4) is 0 Å². The fourth-order valence-corrected chi connectivity index (χ4v) is 3.07. The molecule has 0 unspecified atom stereocenters. The van der Waals surface area contributed by atoms with Gasteiger partial charge in [-0.15, -0.1) is 0 Å². The molecule has 4 rings (SSSR count). The van der Waals surface area contributed by atoms with E-state index in [4.69, 9.17) is 4.74 Å². The van der Waals surface area contributed by atoms with Gasteiger partial charge in [0, 0.05) is 5.56 Å². The first-order valence-corrected chi connectivity index (χ1v) is 9.51. The number of ether oxygens (including phenoxy) is 1. The van der Waals surface area contributed by atoms with Crippen molar-refractivity contribution in [3.8, 4) is 11.5 Å². The standard InChI is InChI=1S/C25H20N2O3/c28-22-12-10-20(11-13-22)25(29)27-26-16-18-8-14-23(15-9-18)30-17-21-6-3-5-19-4-1-2-7-24(19)21/h1-16,28H,17H2,(H,27,29). The predicted octanol–water partition coefficient (Wildman–Crippen LogP) is 4.89. The summed E-state index contributed by atoms with van der Waals surface area (Å²) in [6.07, 6.45) is 1.56. The maximum absolute atomic E-state index is 12.0. The van der Waals surface area contributed by atoms with Gasteiger partial charge in [-0.25, -0.2) is 5.43 Å². The van der Waals surface area contributed by atoms with Crippen molar-refractivity contribution >= 4 is 22.9 Å². The molecule has 0 spiro atoms. The van der Waals surface area contributed by atoms with Gasteiger partial charge in [0.05, 0.1) is 6.21 Å². The smallest absolute Gasteiger partial charge is 0.271 e. The molecule has 0 saturated heterocycles. The van der Waals surface area contributed by atoms with E-state index in [1.807, 2.05) is 42.5 Å². The molecule has 0 bridgehead atoms. The van der Waals surface area contributed by atoms with Gasteiger partial charge in [0.25, 0.3) is 5.91 Å². The average molecular weight is 396 g/mol. The minimum Gasteiger partial charge on any atom is -0.508 e. The van der Waals surface area contributed by atoms with E-state index in [0.29, 0.717) is 12.2 Å². The van der Waals surface area contributed by atoms with Gasteiger partial charge in [-0.2, -0.15) is 5.10 Å². The Balaban J connectivity index is 1.34. The van der Waals surface area contributed by atoms with Crippen molar-refractivity contribution in [2.75, 3.05) is 0 Å². The number of fused-ring (bicyclic) bond motifs is 1. The van der Waals surface area contributed by atoms with E-state index in [-0.39, 0.29) is 11.7 Å². The Hall–Kier alpha value is -4.12. The van der Waals surface area contributed by atoms with Gasteiger partial charge in [0.2, 0.25) is 0 Å². The molecule has 148 valence electrons. The quantitative estimate of drug-likeness (QED) is 0.360. The SMILES string of the molecule is O=C(NN=Cc1ccc(OCc2cccc3ccccc23)cc1)c1ccc(O)cc1. The minimum atomic E-state index is -0.346. The van der Waals surface area contributed by atoms with Crippen LogP contribution in [0, 0.1) is 0 Å². The summed E-state index contributed by atoms with van der Waals surface area (Å²) in [5.41, 5.74) is 4.85. The Bertz CT molecular complexity index is 1180. The van der Waals surface area contributed by atoms with Gasteiger partial charge in [0.1, 0.15) is 18.1 Å². The summed E-state index contributed by atoms with van der Waals surface area (Å²) in [6, 6.07) is 27.9. The van der Waals surface area contributed by atoms with Crippen molar-refractivity contribution in [1.82, 2.24) is 5.43 Å². The van der Waals surface area contributed by atoms with E-state index in [1.165, 1.54) is 35.0 Å². The molecular formula is C25H20N2O3. The summed E-state index contributed by atoms with van der Waals surface area (Å²) < 4.78 is 5.93. The minimum absolute atomic E-state index is 0.109. The lowest BCUT2D eigenvalue weighted by atomic mass is 10.1. The molecule has 0 aromatic heterocycles. The van der Waals surface area contributed by atoms with E-state index in [2.05, 4.69) is 34.8 Å². The third-order valence-electron chi connectivity index (χ3n) is 4.66. The Morgan fingerprint density at radius 3 is 2.43 bits per heavy atom. The molecule has 0 radical (unpaired) electrons. The van der Waals surface area contributed by atoms with Gasteiger partial charge in [-0.3, -0.25) is 4.79 Å². The van der Waals surface area contributed by atoms with Crippen molar-refractivity contribution in [3.63, 3.8) is 0 Å². The van der Waals surface area contributed by atoms with Crippen molar-refractivity contribution < 1.29 is 14.6 Å². The van der Waals surface area contributed by atoms with Crippen molar-refractivity contribution in [3.05, 3.63) is 108 Å². The third kappa shape index (κ3) is 4.64. The number of nitrogens with zero attached hydrogens (tertiary/aromatic N) is 1. The maximum atomic E-state index is 12.0. The zero-order valence-electron chi connectivity index (χ0n) is 16.2. The molecule has 0 atom stereocenters. The Kier molecular flexibility index (Phi) is 5.71. The second-order valence-corrected chi connectivity index (χ2v) is 6.74. The molecule has 5 heteroatoms. The van der Waals surface area contributed by atoms with E-state index < -0.39 is 0 Å². The number of phenolic OH excluding ortho intramolecular Hbond substituents is 1. The number of carbonyl (C=O) groups is 1. The Morgan fingerprint density at radius 1 is 0.900 bits per heavy atom. The zero-order valence-corrected chi connectivity index (χ0v) is 16.2. The highest BCUT2D eigenvalue weighted by Crippen LogP contribution is 2.21. The molecule has 4 aromatic rings. The van der Waals surface area contributed by atoms with E-state index in [9.17, 15) is 9.90 Å². The number of nitrogens with one attached hydrogen (secondary N) is 1. The summed E-state index contributed by atoms with van der Waals surface area (Å²) in [5.74, 6) is 0.521. The van der Waals surface area contributed by atoms with Crippen LogP contribution >= 0.6 is 0 Å². The molecule has 5 nitrogen and oxygen atoms in total. The lowest BCUT2D eigenvalue weighted by Crippen LogP contribution is -2.17. The fraction of sp³-hybridized carbons (Fsp3) is 0.0400. The molecule has 4 aromatic carbocycles. The van der Waals surface area contributed by atoms with Crippen molar-refractivity contribution in [2.24, 2.45) is 5.10 Å². The molecule has 1 amide bonds. The van der Waals surface area contributed by atoms with Crippen molar-refractivity contribution in [2.45, 2.75) is 6.61 Å². The van der Waals surface area contributed by atoms with Crippen LogP contribution in [0.25, 0.3) is 10.8 Å². The highest BCUT2D eigenvalue weighted by atomic mass is 16.5. The molecule has 0 fully saturated rings. The Morgan fingerprint density at radius 2 is 1.63 bits per heavy atom. The van der Waals surface area contributed by atoms with Gasteiger partial charge in [-0.1, -0.05) is 42.5 Å². The van der Waals surface area contributed by atoms with Crippen molar-refractivity contribution in [1.29, 1.82) is 0 Å². The van der Waals surface area contributed by atoms with Gasteiger partial charge >= 0.3 is 0 Å². The first kappa shape index (κ1) is 19.2. The average Bonchev–Trinajstić information content (AvgIpc) is 2.79. The molecule has 2 N–H and O–H groups in total. The highest BCUT2D eigenvalue weighted by molar-refractivity contribution is 5.95. The van der Waals surface area contributed by atoms with Gasteiger partial charge in [0.15, 0.2) is 0 Å². The Labute approximate surface area is 174 Å². The van der Waals surface area contributed by atoms with Crippen LogP contribution in [0.5, 0.6) is 11.5 Å². The molecule has 0 saturated carbocycles. The first-order valence-electron chi connectivity index (χ1n) is 9.51. The van der Waals surface area contributed by atoms with Crippen LogP contribution in [0.1, 0.15) is 21.5 Å². The predicted molar refractivity (Wildman–Crippen MR) is 118 cm³/mol. The summed E-state index contributed by atoms with van der Waals surface area (Å²) in [6.45, 7) is 0.484. The number of hydrazone groups is 1. The van der Waals surface area contributed by atoms with Crippen LogP contribution < -0.4 is 10.2 Å². The number of hydrogen-bond acceptors (Lipinski definition) is 4. The summed E-state index contributed by atoms with van der Waals surface area (Å²) >= 11 is 0. The van der Waals surface area contributed by atoms with Crippen LogP contribution in [0.4, 0.5) is 0 Å². The number of carbonyl (C=O) groups excluding carboxylic acids is 1. The second-order valence-electron chi connectivity index (χ2n) is 6.74. The first-order chi connectivity index (χ1) is 14.7. The monoisotopic (exact) mass is 396 g/mol. The third-order valence-corrected chi connectivity index (χ3v) is 4.66. The molecule has 0 aliphatic heterocycles.